The highest BCUT2D eigenvalue weighted by Gasteiger charge is 2.32. The first-order valence-corrected chi connectivity index (χ1v) is 8.16. The van der Waals surface area contributed by atoms with Crippen LogP contribution in [0.15, 0.2) is 18.2 Å². The van der Waals surface area contributed by atoms with Gasteiger partial charge < -0.3 is 10.2 Å². The third kappa shape index (κ3) is 3.97. The van der Waals surface area contributed by atoms with E-state index in [2.05, 4.69) is 44.0 Å². The minimum Gasteiger partial charge on any atom is -0.371 e. The van der Waals surface area contributed by atoms with Gasteiger partial charge in [-0.2, -0.15) is 0 Å². The van der Waals surface area contributed by atoms with Gasteiger partial charge in [0.15, 0.2) is 0 Å². The molecule has 2 rings (SSSR count). The van der Waals surface area contributed by atoms with Gasteiger partial charge in [-0.3, -0.25) is 0 Å². The Balaban J connectivity index is 2.14. The van der Waals surface area contributed by atoms with E-state index in [0.29, 0.717) is 17.9 Å². The Labute approximate surface area is 128 Å². The molecule has 3 heteroatoms. The Morgan fingerprint density at radius 1 is 1.33 bits per heavy atom. The fourth-order valence-corrected chi connectivity index (χ4v) is 3.09. The fraction of sp³-hybridized carbons (Fsp3) is 0.667. The quantitative estimate of drug-likeness (QED) is 0.818. The average molecular weight is 292 g/mol. The van der Waals surface area contributed by atoms with E-state index in [4.69, 9.17) is 0 Å². The van der Waals surface area contributed by atoms with Crippen molar-refractivity contribution in [1.82, 2.24) is 5.32 Å². The van der Waals surface area contributed by atoms with Crippen LogP contribution < -0.4 is 10.2 Å². The highest BCUT2D eigenvalue weighted by atomic mass is 19.1. The number of nitrogens with zero attached hydrogens (tertiary/aromatic N) is 1. The molecule has 118 valence electrons. The summed E-state index contributed by atoms with van der Waals surface area (Å²) in [4.78, 5) is 2.36. The van der Waals surface area contributed by atoms with Crippen LogP contribution in [-0.4, -0.2) is 19.6 Å². The predicted molar refractivity (Wildman–Crippen MR) is 88.2 cm³/mol. The largest absolute Gasteiger partial charge is 0.371 e. The highest BCUT2D eigenvalue weighted by Crippen LogP contribution is 2.37. The monoisotopic (exact) mass is 292 g/mol. The first kappa shape index (κ1) is 16.3. The molecule has 1 N–H and O–H groups in total. The lowest BCUT2D eigenvalue weighted by molar-refractivity contribution is 0.263. The molecular formula is C18H29FN2. The zero-order valence-electron chi connectivity index (χ0n) is 13.9. The summed E-state index contributed by atoms with van der Waals surface area (Å²) in [7, 11) is 0. The van der Waals surface area contributed by atoms with Crippen LogP contribution in [0, 0.1) is 17.2 Å². The van der Waals surface area contributed by atoms with Crippen LogP contribution in [0.1, 0.15) is 46.1 Å². The molecule has 0 radical (unpaired) electrons. The average Bonchev–Trinajstić information content (AvgIpc) is 2.90. The Morgan fingerprint density at radius 2 is 2.10 bits per heavy atom. The zero-order valence-corrected chi connectivity index (χ0v) is 13.9. The summed E-state index contributed by atoms with van der Waals surface area (Å²) in [6, 6.07) is 5.47. The molecule has 1 unspecified atom stereocenters. The number of anilines is 1. The SMILES string of the molecule is CCCNCc1c(F)cccc1N1CCC(C(C)(C)C)C1. The van der Waals surface area contributed by atoms with Crippen LogP contribution in [0.25, 0.3) is 0 Å². The lowest BCUT2D eigenvalue weighted by Crippen LogP contribution is -2.27. The Kier molecular flexibility index (Phi) is 5.26. The summed E-state index contributed by atoms with van der Waals surface area (Å²) < 4.78 is 14.2. The molecule has 1 aromatic carbocycles. The molecule has 2 nitrogen and oxygen atoms in total. The zero-order chi connectivity index (χ0) is 15.5. The van der Waals surface area contributed by atoms with E-state index < -0.39 is 0 Å². The summed E-state index contributed by atoms with van der Waals surface area (Å²) in [5, 5.41) is 3.33. The van der Waals surface area contributed by atoms with Gasteiger partial charge in [0.2, 0.25) is 0 Å². The first-order chi connectivity index (χ1) is 9.93. The molecule has 0 spiro atoms. The second kappa shape index (κ2) is 6.78. The second-order valence-electron chi connectivity index (χ2n) is 7.21. The molecule has 0 amide bonds. The normalized spacial score (nSPS) is 19.3. The van der Waals surface area contributed by atoms with Crippen molar-refractivity contribution in [3.05, 3.63) is 29.6 Å². The van der Waals surface area contributed by atoms with Gasteiger partial charge in [-0.15, -0.1) is 0 Å². The molecule has 0 aliphatic carbocycles. The molecule has 1 aliphatic rings. The van der Waals surface area contributed by atoms with Crippen LogP contribution in [0.3, 0.4) is 0 Å². The molecule has 0 saturated carbocycles. The van der Waals surface area contributed by atoms with Gasteiger partial charge in [-0.1, -0.05) is 33.8 Å². The van der Waals surface area contributed by atoms with Crippen molar-refractivity contribution in [2.45, 2.75) is 47.1 Å². The van der Waals surface area contributed by atoms with Gasteiger partial charge in [0.25, 0.3) is 0 Å². The van der Waals surface area contributed by atoms with Crippen molar-refractivity contribution in [3.63, 3.8) is 0 Å². The second-order valence-corrected chi connectivity index (χ2v) is 7.21. The number of halogens is 1. The van der Waals surface area contributed by atoms with Crippen LogP contribution in [-0.2, 0) is 6.54 Å². The molecule has 0 bridgehead atoms. The summed E-state index contributed by atoms with van der Waals surface area (Å²) >= 11 is 0. The molecule has 1 aromatic rings. The van der Waals surface area contributed by atoms with E-state index in [1.54, 1.807) is 6.07 Å². The maximum Gasteiger partial charge on any atom is 0.129 e. The van der Waals surface area contributed by atoms with Gasteiger partial charge >= 0.3 is 0 Å². The molecule has 1 saturated heterocycles. The van der Waals surface area contributed by atoms with E-state index in [1.807, 2.05) is 6.07 Å². The number of rotatable bonds is 5. The van der Waals surface area contributed by atoms with E-state index in [9.17, 15) is 4.39 Å². The smallest absolute Gasteiger partial charge is 0.129 e. The number of hydrogen-bond acceptors (Lipinski definition) is 2. The van der Waals surface area contributed by atoms with Crippen LogP contribution in [0.2, 0.25) is 0 Å². The summed E-state index contributed by atoms with van der Waals surface area (Å²) in [6.07, 6.45) is 2.27. The van der Waals surface area contributed by atoms with Crippen molar-refractivity contribution in [2.24, 2.45) is 11.3 Å². The molecule has 1 atom stereocenters. The molecule has 1 fully saturated rings. The molecule has 0 aromatic heterocycles. The van der Waals surface area contributed by atoms with Gasteiger partial charge in [0.1, 0.15) is 5.82 Å². The van der Waals surface area contributed by atoms with Crippen molar-refractivity contribution >= 4 is 5.69 Å². The lowest BCUT2D eigenvalue weighted by Gasteiger charge is -2.28. The number of nitrogens with one attached hydrogen (secondary N) is 1. The molecule has 1 heterocycles. The standard InChI is InChI=1S/C18H29FN2/c1-5-10-20-12-15-16(19)7-6-8-17(15)21-11-9-14(13-21)18(2,3)4/h6-8,14,20H,5,9-13H2,1-4H3. The van der Waals surface area contributed by atoms with Crippen LogP contribution in [0.4, 0.5) is 10.1 Å². The number of hydrogen-bond donors (Lipinski definition) is 1. The van der Waals surface area contributed by atoms with Gasteiger partial charge in [-0.05, 0) is 42.9 Å². The van der Waals surface area contributed by atoms with Crippen LogP contribution in [0.5, 0.6) is 0 Å². The Bertz CT molecular complexity index is 465. The predicted octanol–water partition coefficient (Wildman–Crippen LogP) is 4.20. The Morgan fingerprint density at radius 3 is 2.71 bits per heavy atom. The van der Waals surface area contributed by atoms with Crippen molar-refractivity contribution in [1.29, 1.82) is 0 Å². The lowest BCUT2D eigenvalue weighted by atomic mass is 9.80. The van der Waals surface area contributed by atoms with Crippen LogP contribution >= 0.6 is 0 Å². The van der Waals surface area contributed by atoms with Crippen molar-refractivity contribution in [3.8, 4) is 0 Å². The van der Waals surface area contributed by atoms with Gasteiger partial charge in [-0.25, -0.2) is 4.39 Å². The summed E-state index contributed by atoms with van der Waals surface area (Å²) in [5.41, 5.74) is 2.22. The maximum absolute atomic E-state index is 14.2. The molecular weight excluding hydrogens is 263 g/mol. The summed E-state index contributed by atoms with van der Waals surface area (Å²) in [5.74, 6) is 0.590. The highest BCUT2D eigenvalue weighted by molar-refractivity contribution is 5.55. The van der Waals surface area contributed by atoms with E-state index in [1.165, 1.54) is 6.42 Å². The van der Waals surface area contributed by atoms with Crippen molar-refractivity contribution < 1.29 is 4.39 Å². The Hall–Kier alpha value is -1.09. The molecule has 1 aliphatic heterocycles. The third-order valence-electron chi connectivity index (χ3n) is 4.58. The maximum atomic E-state index is 14.2. The first-order valence-electron chi connectivity index (χ1n) is 8.16. The van der Waals surface area contributed by atoms with E-state index in [0.717, 1.165) is 37.3 Å². The molecule has 21 heavy (non-hydrogen) atoms. The fourth-order valence-electron chi connectivity index (χ4n) is 3.09. The summed E-state index contributed by atoms with van der Waals surface area (Å²) in [6.45, 7) is 12.7. The minimum atomic E-state index is -0.0877. The van der Waals surface area contributed by atoms with E-state index >= 15 is 0 Å². The van der Waals surface area contributed by atoms with Gasteiger partial charge in [0.05, 0.1) is 0 Å². The van der Waals surface area contributed by atoms with E-state index in [-0.39, 0.29) is 5.82 Å². The number of benzene rings is 1. The third-order valence-corrected chi connectivity index (χ3v) is 4.58. The topological polar surface area (TPSA) is 15.3 Å². The van der Waals surface area contributed by atoms with Gasteiger partial charge in [0, 0.05) is 30.9 Å². The van der Waals surface area contributed by atoms with Crippen molar-refractivity contribution in [2.75, 3.05) is 24.5 Å². The minimum absolute atomic E-state index is 0.0877.